The highest BCUT2D eigenvalue weighted by Crippen LogP contribution is 2.32. The molecule has 0 spiro atoms. The molecule has 78 valence electrons. The quantitative estimate of drug-likeness (QED) is 0.736. The number of ketones is 1. The third-order valence-corrected chi connectivity index (χ3v) is 2.75. The van der Waals surface area contributed by atoms with Gasteiger partial charge in [-0.25, -0.2) is 0 Å². The zero-order valence-electron chi connectivity index (χ0n) is 9.08. The number of Topliss-reactive ketones (excluding diaryl/α,β-unsaturated/α-hetero) is 1. The maximum Gasteiger partial charge on any atom is 0.163 e. The van der Waals surface area contributed by atoms with Gasteiger partial charge < -0.3 is 0 Å². The largest absolute Gasteiger partial charge is 0.294 e. The van der Waals surface area contributed by atoms with Crippen molar-refractivity contribution in [2.24, 2.45) is 7.05 Å². The monoisotopic (exact) mass is 202 g/mol. The molecule has 0 aromatic carbocycles. The molecule has 0 saturated carbocycles. The Morgan fingerprint density at radius 2 is 2.27 bits per heavy atom. The van der Waals surface area contributed by atoms with Crippen molar-refractivity contribution in [3.63, 3.8) is 0 Å². The number of carbonyl (C=O) groups is 1. The van der Waals surface area contributed by atoms with E-state index in [1.165, 1.54) is 0 Å². The second-order valence-corrected chi connectivity index (χ2v) is 3.88. The molecule has 3 heteroatoms. The minimum atomic E-state index is 0.226. The van der Waals surface area contributed by atoms with Gasteiger partial charge in [-0.05, 0) is 19.4 Å². The number of aromatic nitrogens is 2. The summed E-state index contributed by atoms with van der Waals surface area (Å²) in [6, 6.07) is 0. The van der Waals surface area contributed by atoms with Crippen LogP contribution in [0.1, 0.15) is 31.0 Å². The molecule has 0 aliphatic heterocycles. The topological polar surface area (TPSA) is 34.9 Å². The average molecular weight is 202 g/mol. The van der Waals surface area contributed by atoms with Gasteiger partial charge >= 0.3 is 0 Å². The fraction of sp³-hybridized carbons (Fsp3) is 0.333. The standard InChI is InChI=1S/C12H14N2O/c1-4-10-9(7-14(3)13-10)12-8(2)5-6-11(12)15/h4,7H,1,5-6H2,2-3H3. The van der Waals surface area contributed by atoms with Gasteiger partial charge in [-0.3, -0.25) is 9.48 Å². The second-order valence-electron chi connectivity index (χ2n) is 3.88. The molecule has 1 aliphatic carbocycles. The first-order chi connectivity index (χ1) is 7.13. The van der Waals surface area contributed by atoms with Crippen LogP contribution in [0.4, 0.5) is 0 Å². The van der Waals surface area contributed by atoms with Crippen molar-refractivity contribution >= 4 is 17.4 Å². The van der Waals surface area contributed by atoms with Crippen molar-refractivity contribution < 1.29 is 4.79 Å². The van der Waals surface area contributed by atoms with Crippen molar-refractivity contribution in [1.29, 1.82) is 0 Å². The summed E-state index contributed by atoms with van der Waals surface area (Å²) >= 11 is 0. The van der Waals surface area contributed by atoms with Crippen molar-refractivity contribution in [2.45, 2.75) is 19.8 Å². The van der Waals surface area contributed by atoms with E-state index in [1.54, 1.807) is 10.8 Å². The summed E-state index contributed by atoms with van der Waals surface area (Å²) in [5.74, 6) is 0.226. The highest BCUT2D eigenvalue weighted by molar-refractivity contribution is 6.24. The van der Waals surface area contributed by atoms with Crippen LogP contribution in [-0.4, -0.2) is 15.6 Å². The van der Waals surface area contributed by atoms with E-state index in [0.29, 0.717) is 6.42 Å². The molecule has 1 aromatic heterocycles. The zero-order valence-corrected chi connectivity index (χ0v) is 9.08. The van der Waals surface area contributed by atoms with E-state index in [-0.39, 0.29) is 5.78 Å². The summed E-state index contributed by atoms with van der Waals surface area (Å²) in [6.45, 7) is 5.73. The van der Waals surface area contributed by atoms with Gasteiger partial charge in [-0.2, -0.15) is 5.10 Å². The van der Waals surface area contributed by atoms with Crippen molar-refractivity contribution in [1.82, 2.24) is 9.78 Å². The molecular weight excluding hydrogens is 188 g/mol. The van der Waals surface area contributed by atoms with E-state index < -0.39 is 0 Å². The number of aryl methyl sites for hydroxylation is 1. The SMILES string of the molecule is C=Cc1nn(C)cc1C1=C(C)CCC1=O. The van der Waals surface area contributed by atoms with Crippen LogP contribution in [0.3, 0.4) is 0 Å². The van der Waals surface area contributed by atoms with E-state index >= 15 is 0 Å². The number of nitrogens with zero attached hydrogens (tertiary/aromatic N) is 2. The summed E-state index contributed by atoms with van der Waals surface area (Å²) in [7, 11) is 1.85. The molecule has 0 amide bonds. The van der Waals surface area contributed by atoms with Crippen LogP contribution in [0.15, 0.2) is 18.3 Å². The van der Waals surface area contributed by atoms with Crippen molar-refractivity contribution in [3.05, 3.63) is 29.6 Å². The lowest BCUT2D eigenvalue weighted by molar-refractivity contribution is -0.113. The first-order valence-corrected chi connectivity index (χ1v) is 5.03. The molecule has 3 nitrogen and oxygen atoms in total. The Balaban J connectivity index is 2.58. The number of hydrogen-bond acceptors (Lipinski definition) is 2. The van der Waals surface area contributed by atoms with E-state index in [9.17, 15) is 4.79 Å². The summed E-state index contributed by atoms with van der Waals surface area (Å²) < 4.78 is 1.72. The molecule has 0 fully saturated rings. The Kier molecular flexibility index (Phi) is 2.31. The first kappa shape index (κ1) is 9.90. The van der Waals surface area contributed by atoms with Crippen molar-refractivity contribution in [2.75, 3.05) is 0 Å². The van der Waals surface area contributed by atoms with Gasteiger partial charge in [-0.15, -0.1) is 0 Å². The summed E-state index contributed by atoms with van der Waals surface area (Å²) in [5.41, 5.74) is 3.73. The maximum absolute atomic E-state index is 11.7. The smallest absolute Gasteiger partial charge is 0.163 e. The van der Waals surface area contributed by atoms with Crippen molar-refractivity contribution in [3.8, 4) is 0 Å². The highest BCUT2D eigenvalue weighted by atomic mass is 16.1. The highest BCUT2D eigenvalue weighted by Gasteiger charge is 2.24. The summed E-state index contributed by atoms with van der Waals surface area (Å²) in [5, 5.41) is 4.25. The number of carbonyl (C=O) groups excluding carboxylic acids is 1. The van der Waals surface area contributed by atoms with Gasteiger partial charge in [0, 0.05) is 30.8 Å². The van der Waals surface area contributed by atoms with Crippen LogP contribution in [0.5, 0.6) is 0 Å². The van der Waals surface area contributed by atoms with Gasteiger partial charge in [0.2, 0.25) is 0 Å². The van der Waals surface area contributed by atoms with Gasteiger partial charge in [0.05, 0.1) is 5.69 Å². The molecule has 0 saturated heterocycles. The zero-order chi connectivity index (χ0) is 11.0. The predicted molar refractivity (Wildman–Crippen MR) is 60.1 cm³/mol. The molecule has 0 bridgehead atoms. The minimum Gasteiger partial charge on any atom is -0.294 e. The number of hydrogen-bond donors (Lipinski definition) is 0. The fourth-order valence-corrected chi connectivity index (χ4v) is 2.02. The second kappa shape index (κ2) is 3.50. The van der Waals surface area contributed by atoms with Crippen LogP contribution in [0.2, 0.25) is 0 Å². The molecule has 15 heavy (non-hydrogen) atoms. The molecule has 0 radical (unpaired) electrons. The maximum atomic E-state index is 11.7. The van der Waals surface area contributed by atoms with Crippen LogP contribution in [-0.2, 0) is 11.8 Å². The van der Waals surface area contributed by atoms with Gasteiger partial charge in [0.25, 0.3) is 0 Å². The van der Waals surface area contributed by atoms with Gasteiger partial charge in [0.1, 0.15) is 0 Å². The predicted octanol–water partition coefficient (Wildman–Crippen LogP) is 2.20. The first-order valence-electron chi connectivity index (χ1n) is 5.03. The minimum absolute atomic E-state index is 0.226. The van der Waals surface area contributed by atoms with Crippen LogP contribution in [0, 0.1) is 0 Å². The Labute approximate surface area is 89.1 Å². The summed E-state index contributed by atoms with van der Waals surface area (Å²) in [4.78, 5) is 11.7. The van der Waals surface area contributed by atoms with Gasteiger partial charge in [-0.1, -0.05) is 12.2 Å². The fourth-order valence-electron chi connectivity index (χ4n) is 2.02. The molecule has 0 unspecified atom stereocenters. The Hall–Kier alpha value is -1.64. The Bertz CT molecular complexity index is 466. The Morgan fingerprint density at radius 3 is 2.80 bits per heavy atom. The summed E-state index contributed by atoms with van der Waals surface area (Å²) in [6.07, 6.45) is 5.09. The molecular formula is C12H14N2O. The third kappa shape index (κ3) is 1.54. The molecule has 0 atom stereocenters. The van der Waals surface area contributed by atoms with E-state index in [2.05, 4.69) is 11.7 Å². The lowest BCUT2D eigenvalue weighted by Gasteiger charge is -1.99. The van der Waals surface area contributed by atoms with Crippen LogP contribution < -0.4 is 0 Å². The molecule has 2 rings (SSSR count). The number of allylic oxidation sites excluding steroid dienone is 2. The average Bonchev–Trinajstić information content (AvgIpc) is 2.70. The van der Waals surface area contributed by atoms with E-state index in [4.69, 9.17) is 0 Å². The van der Waals surface area contributed by atoms with E-state index in [1.807, 2.05) is 20.2 Å². The van der Waals surface area contributed by atoms with Crippen LogP contribution in [0.25, 0.3) is 11.6 Å². The molecule has 1 aliphatic rings. The lowest BCUT2D eigenvalue weighted by Crippen LogP contribution is -1.96. The van der Waals surface area contributed by atoms with Crippen LogP contribution >= 0.6 is 0 Å². The normalized spacial score (nSPS) is 16.3. The third-order valence-electron chi connectivity index (χ3n) is 2.75. The molecule has 0 N–H and O–H groups in total. The molecule has 1 aromatic rings. The van der Waals surface area contributed by atoms with E-state index in [0.717, 1.165) is 28.8 Å². The van der Waals surface area contributed by atoms with Gasteiger partial charge in [0.15, 0.2) is 5.78 Å². The lowest BCUT2D eigenvalue weighted by atomic mass is 10.0. The molecule has 1 heterocycles. The Morgan fingerprint density at radius 1 is 1.53 bits per heavy atom. The number of rotatable bonds is 2.